The van der Waals surface area contributed by atoms with Crippen LogP contribution in [0.25, 0.3) is 10.9 Å². The van der Waals surface area contributed by atoms with Crippen molar-refractivity contribution in [3.05, 3.63) is 36.4 Å². The van der Waals surface area contributed by atoms with E-state index in [1.807, 2.05) is 39.8 Å². The number of alkyl carbamates (subject to hydrolysis) is 1. The Labute approximate surface area is 332 Å². The summed E-state index contributed by atoms with van der Waals surface area (Å²) in [4.78, 5) is 62.2. The number of rotatable bonds is 18. The normalized spacial score (nSPS) is 20.2. The highest BCUT2D eigenvalue weighted by atomic mass is 16.6. The van der Waals surface area contributed by atoms with Crippen molar-refractivity contribution in [2.45, 2.75) is 142 Å². The van der Waals surface area contributed by atoms with Gasteiger partial charge in [0.1, 0.15) is 41.3 Å². The van der Waals surface area contributed by atoms with E-state index in [-0.39, 0.29) is 31.4 Å². The van der Waals surface area contributed by atoms with E-state index in [1.165, 1.54) is 17.7 Å². The monoisotopic (exact) mass is 777 g/mol. The Hall–Kier alpha value is -4.55. The van der Waals surface area contributed by atoms with Gasteiger partial charge in [0.05, 0.1) is 25.8 Å². The molecule has 1 aromatic carbocycles. The van der Waals surface area contributed by atoms with Crippen LogP contribution in [0, 0.1) is 11.3 Å². The standard InChI is InChI=1S/C43H63N5O8/c1-9-14-28-22-31-32(24-34(28)53-8)45-36(54-11-3)25-35(31)55-30-23-33(38(49)47-43(7,20-10-2)40(51)44-21-19-27-17-18-27)48(26-30)39(50)37(42(4,5)6)46-41(52)56-29-15-12-13-16-29/h10,22,24-25,27,29-30,33,37H,2,9,11-21,23,26H2,1,3-8H3,(H,44,51)(H,46,52)(H,47,49)/t30-,33+,37-,43-/m1/s1. The fraction of sp³-hybridized carbons (Fsp3) is 0.651. The smallest absolute Gasteiger partial charge is 0.408 e. The Morgan fingerprint density at radius 2 is 1.75 bits per heavy atom. The second-order valence-electron chi connectivity index (χ2n) is 16.9. The molecule has 1 aliphatic heterocycles. The maximum Gasteiger partial charge on any atom is 0.408 e. The summed E-state index contributed by atoms with van der Waals surface area (Å²) in [5.41, 5.74) is -0.439. The molecule has 3 fully saturated rings. The molecule has 0 spiro atoms. The number of likely N-dealkylation sites (tertiary alicyclic amines) is 1. The van der Waals surface area contributed by atoms with E-state index in [2.05, 4.69) is 29.5 Å². The molecule has 3 aliphatic rings. The van der Waals surface area contributed by atoms with Gasteiger partial charge in [0.15, 0.2) is 0 Å². The minimum absolute atomic E-state index is 0.0420. The zero-order valence-corrected chi connectivity index (χ0v) is 34.5. The van der Waals surface area contributed by atoms with Crippen LogP contribution < -0.4 is 30.2 Å². The first-order chi connectivity index (χ1) is 26.7. The predicted octanol–water partition coefficient (Wildman–Crippen LogP) is 6.39. The summed E-state index contributed by atoms with van der Waals surface area (Å²) in [6.45, 7) is 16.0. The Morgan fingerprint density at radius 1 is 1.02 bits per heavy atom. The van der Waals surface area contributed by atoms with Crippen LogP contribution in [0.1, 0.15) is 111 Å². The SMILES string of the molecule is C=CC[C@@](C)(NC(=O)[C@@H]1C[C@@H](Oc2cc(OCC)nc3cc(OC)c(CCC)cc23)CN1C(=O)[C@@H](NC(=O)OC1CCCC1)C(C)(C)C)C(=O)NCCC1CC1. The molecule has 4 atom stereocenters. The van der Waals surface area contributed by atoms with Crippen molar-refractivity contribution in [2.24, 2.45) is 11.3 Å². The summed E-state index contributed by atoms with van der Waals surface area (Å²) in [6, 6.07) is 3.57. The van der Waals surface area contributed by atoms with Crippen LogP contribution in [-0.2, 0) is 25.5 Å². The summed E-state index contributed by atoms with van der Waals surface area (Å²) in [7, 11) is 1.63. The van der Waals surface area contributed by atoms with Gasteiger partial charge in [0.25, 0.3) is 0 Å². The van der Waals surface area contributed by atoms with Gasteiger partial charge >= 0.3 is 6.09 Å². The summed E-state index contributed by atoms with van der Waals surface area (Å²) in [5, 5.41) is 9.58. The van der Waals surface area contributed by atoms with Crippen LogP contribution in [-0.4, -0.2) is 90.3 Å². The lowest BCUT2D eigenvalue weighted by molar-refractivity contribution is -0.143. The number of carbonyl (C=O) groups excluding carboxylic acids is 4. The number of amides is 4. The van der Waals surface area contributed by atoms with Gasteiger partial charge in [0, 0.05) is 30.5 Å². The molecule has 13 nitrogen and oxygen atoms in total. The number of hydrogen-bond donors (Lipinski definition) is 3. The maximum absolute atomic E-state index is 14.7. The summed E-state index contributed by atoms with van der Waals surface area (Å²) in [6.07, 6.45) is 8.87. The second kappa shape index (κ2) is 18.6. The van der Waals surface area contributed by atoms with E-state index in [0.717, 1.165) is 55.9 Å². The highest BCUT2D eigenvalue weighted by Crippen LogP contribution is 2.37. The lowest BCUT2D eigenvalue weighted by Gasteiger charge is -2.36. The van der Waals surface area contributed by atoms with E-state index in [1.54, 1.807) is 26.2 Å². The molecule has 0 unspecified atom stereocenters. The number of ether oxygens (including phenoxy) is 4. The number of nitrogens with one attached hydrogen (secondary N) is 3. The van der Waals surface area contributed by atoms with Crippen molar-refractivity contribution in [3.8, 4) is 17.4 Å². The van der Waals surface area contributed by atoms with Gasteiger partial charge in [0.2, 0.25) is 23.6 Å². The van der Waals surface area contributed by atoms with E-state index >= 15 is 0 Å². The summed E-state index contributed by atoms with van der Waals surface area (Å²) in [5.74, 6) is 0.942. The molecule has 2 saturated carbocycles. The van der Waals surface area contributed by atoms with Gasteiger partial charge in [-0.3, -0.25) is 14.4 Å². The third-order valence-corrected chi connectivity index (χ3v) is 11.0. The number of methoxy groups -OCH3 is 1. The van der Waals surface area contributed by atoms with Gasteiger partial charge in [-0.15, -0.1) is 6.58 Å². The average molecular weight is 778 g/mol. The molecular formula is C43H63N5O8. The lowest BCUT2D eigenvalue weighted by Crippen LogP contribution is -2.62. The number of benzene rings is 1. The van der Waals surface area contributed by atoms with Crippen LogP contribution in [0.15, 0.2) is 30.9 Å². The number of nitrogens with zero attached hydrogens (tertiary/aromatic N) is 2. The topological polar surface area (TPSA) is 157 Å². The molecule has 0 radical (unpaired) electrons. The Kier molecular flexibility index (Phi) is 14.1. The van der Waals surface area contributed by atoms with Gasteiger partial charge in [-0.1, -0.05) is 53.0 Å². The third-order valence-electron chi connectivity index (χ3n) is 11.0. The van der Waals surface area contributed by atoms with Crippen molar-refractivity contribution in [3.63, 3.8) is 0 Å². The number of hydrogen-bond acceptors (Lipinski definition) is 9. The van der Waals surface area contributed by atoms with Crippen molar-refractivity contribution in [2.75, 3.05) is 26.8 Å². The first-order valence-electron chi connectivity index (χ1n) is 20.5. The molecule has 56 heavy (non-hydrogen) atoms. The van der Waals surface area contributed by atoms with E-state index in [9.17, 15) is 19.2 Å². The molecule has 2 heterocycles. The molecule has 13 heteroatoms. The van der Waals surface area contributed by atoms with Crippen LogP contribution in [0.2, 0.25) is 0 Å². The maximum atomic E-state index is 14.7. The minimum atomic E-state index is -1.31. The molecule has 1 aromatic heterocycles. The first kappa shape index (κ1) is 42.6. The van der Waals surface area contributed by atoms with Crippen molar-refractivity contribution in [1.82, 2.24) is 25.8 Å². The molecule has 2 aliphatic carbocycles. The second-order valence-corrected chi connectivity index (χ2v) is 16.9. The molecule has 308 valence electrons. The molecule has 5 rings (SSSR count). The quantitative estimate of drug-likeness (QED) is 0.146. The van der Waals surface area contributed by atoms with E-state index in [4.69, 9.17) is 23.9 Å². The number of pyridine rings is 1. The minimum Gasteiger partial charge on any atom is -0.496 e. The van der Waals surface area contributed by atoms with E-state index < -0.39 is 47.0 Å². The van der Waals surface area contributed by atoms with E-state index in [0.29, 0.717) is 42.0 Å². The fourth-order valence-electron chi connectivity index (χ4n) is 7.73. The third kappa shape index (κ3) is 10.6. The predicted molar refractivity (Wildman–Crippen MR) is 215 cm³/mol. The fourth-order valence-corrected chi connectivity index (χ4v) is 7.73. The molecule has 2 aromatic rings. The Bertz CT molecular complexity index is 1730. The van der Waals surface area contributed by atoms with Gasteiger partial charge in [-0.05, 0) is 81.8 Å². The van der Waals surface area contributed by atoms with Crippen molar-refractivity contribution < 1.29 is 38.1 Å². The average Bonchev–Trinajstić information content (AvgIpc) is 3.63. The van der Waals surface area contributed by atoms with Crippen LogP contribution in [0.4, 0.5) is 4.79 Å². The molecule has 3 N–H and O–H groups in total. The van der Waals surface area contributed by atoms with Crippen molar-refractivity contribution in [1.29, 1.82) is 0 Å². The summed E-state index contributed by atoms with van der Waals surface area (Å²) >= 11 is 0. The number of aromatic nitrogens is 1. The van der Waals surface area contributed by atoms with Gasteiger partial charge < -0.3 is 39.8 Å². The zero-order valence-electron chi connectivity index (χ0n) is 34.5. The van der Waals surface area contributed by atoms with Crippen LogP contribution in [0.3, 0.4) is 0 Å². The van der Waals surface area contributed by atoms with Crippen molar-refractivity contribution >= 4 is 34.7 Å². The summed E-state index contributed by atoms with van der Waals surface area (Å²) < 4.78 is 24.0. The highest BCUT2D eigenvalue weighted by molar-refractivity contribution is 5.96. The zero-order chi connectivity index (χ0) is 40.6. The number of aryl methyl sites for hydroxylation is 1. The Morgan fingerprint density at radius 3 is 2.38 bits per heavy atom. The number of carbonyl (C=O) groups is 4. The lowest BCUT2D eigenvalue weighted by atomic mass is 9.85. The first-order valence-corrected chi connectivity index (χ1v) is 20.5. The van der Waals surface area contributed by atoms with Crippen LogP contribution >= 0.6 is 0 Å². The van der Waals surface area contributed by atoms with Crippen LogP contribution in [0.5, 0.6) is 17.4 Å². The molecule has 0 bridgehead atoms. The molecule has 4 amide bonds. The van der Waals surface area contributed by atoms with Gasteiger partial charge in [-0.25, -0.2) is 9.78 Å². The molecule has 1 saturated heterocycles. The Balaban J connectivity index is 1.47. The van der Waals surface area contributed by atoms with Gasteiger partial charge in [-0.2, -0.15) is 0 Å². The molecular weight excluding hydrogens is 714 g/mol. The largest absolute Gasteiger partial charge is 0.496 e. The highest BCUT2D eigenvalue weighted by Gasteiger charge is 2.48. The number of fused-ring (bicyclic) bond motifs is 1.